The number of carbonyl (C=O) groups is 2. The van der Waals surface area contributed by atoms with Crippen molar-refractivity contribution in [3.05, 3.63) is 34.5 Å². The molecule has 38 heavy (non-hydrogen) atoms. The number of aliphatic hydroxyl groups excluding tert-OH is 1. The lowest BCUT2D eigenvalue weighted by Gasteiger charge is -2.24. The molecule has 1 fully saturated rings. The highest BCUT2D eigenvalue weighted by molar-refractivity contribution is 5.93. The second-order valence-corrected chi connectivity index (χ2v) is 9.12. The van der Waals surface area contributed by atoms with E-state index in [0.717, 1.165) is 0 Å². The second kappa shape index (κ2) is 10.2. The van der Waals surface area contributed by atoms with Gasteiger partial charge in [0.05, 0.1) is 19.4 Å². The minimum absolute atomic E-state index is 0.0209. The Hall–Kier alpha value is -4.29. The summed E-state index contributed by atoms with van der Waals surface area (Å²) in [4.78, 5) is 47.4. The van der Waals surface area contributed by atoms with E-state index in [9.17, 15) is 23.9 Å². The summed E-state index contributed by atoms with van der Waals surface area (Å²) < 4.78 is 41.3. The molecule has 15 heteroatoms. The molecule has 14 nitrogen and oxygen atoms in total. The fraction of sp³-hybridized carbons (Fsp3) is 0.478. The van der Waals surface area contributed by atoms with E-state index in [2.05, 4.69) is 30.6 Å². The molecule has 4 heterocycles. The predicted octanol–water partition coefficient (Wildman–Crippen LogP) is 1.95. The average Bonchev–Trinajstić information content (AvgIpc) is 3.53. The quantitative estimate of drug-likeness (QED) is 0.244. The van der Waals surface area contributed by atoms with E-state index < -0.39 is 48.0 Å². The van der Waals surface area contributed by atoms with Gasteiger partial charge in [0.2, 0.25) is 0 Å². The first-order chi connectivity index (χ1) is 17.9. The van der Waals surface area contributed by atoms with Crippen molar-refractivity contribution >= 4 is 29.0 Å². The summed E-state index contributed by atoms with van der Waals surface area (Å²) in [6, 6.07) is 0. The molecule has 0 aliphatic carbocycles. The van der Waals surface area contributed by atoms with Crippen LogP contribution in [-0.2, 0) is 25.6 Å². The van der Waals surface area contributed by atoms with Crippen LogP contribution in [0.5, 0.6) is 0 Å². The maximum Gasteiger partial charge on any atom is 0.519 e. The number of hydrogen-bond donors (Lipinski definition) is 2. The van der Waals surface area contributed by atoms with Gasteiger partial charge >= 0.3 is 24.0 Å². The molecule has 0 radical (unpaired) electrons. The molecule has 0 spiro atoms. The van der Waals surface area contributed by atoms with E-state index in [1.807, 2.05) is 0 Å². The highest BCUT2D eigenvalue weighted by Gasteiger charge is 2.40. The largest absolute Gasteiger partial charge is 0.519 e. The minimum atomic E-state index is -1.35. The smallest absolute Gasteiger partial charge is 0.457 e. The molecule has 2 N–H and O–H groups in total. The average molecular weight is 533 g/mol. The van der Waals surface area contributed by atoms with Gasteiger partial charge in [-0.25, -0.2) is 14.6 Å². The maximum absolute atomic E-state index is 14.3. The Bertz CT molecular complexity index is 1470. The van der Waals surface area contributed by atoms with Gasteiger partial charge in [0.15, 0.2) is 40.7 Å². The van der Waals surface area contributed by atoms with Crippen molar-refractivity contribution in [3.63, 3.8) is 0 Å². The Morgan fingerprint density at radius 1 is 1.39 bits per heavy atom. The van der Waals surface area contributed by atoms with Gasteiger partial charge < -0.3 is 28.2 Å². The van der Waals surface area contributed by atoms with Crippen LogP contribution in [-0.4, -0.2) is 54.5 Å². The van der Waals surface area contributed by atoms with E-state index in [-0.39, 0.29) is 41.5 Å². The highest BCUT2D eigenvalue weighted by atomic mass is 19.1. The zero-order valence-corrected chi connectivity index (χ0v) is 20.6. The molecule has 3 aromatic rings. The van der Waals surface area contributed by atoms with Gasteiger partial charge in [-0.3, -0.25) is 14.7 Å². The van der Waals surface area contributed by atoms with Crippen molar-refractivity contribution in [2.24, 2.45) is 0 Å². The first-order valence-electron chi connectivity index (χ1n) is 11.4. The van der Waals surface area contributed by atoms with Crippen molar-refractivity contribution in [1.29, 1.82) is 0 Å². The van der Waals surface area contributed by atoms with Crippen LogP contribution in [0.2, 0.25) is 0 Å². The number of rotatable bonds is 8. The van der Waals surface area contributed by atoms with Crippen molar-refractivity contribution in [1.82, 2.24) is 19.5 Å². The van der Waals surface area contributed by atoms with Crippen molar-refractivity contribution in [2.75, 3.05) is 11.9 Å². The summed E-state index contributed by atoms with van der Waals surface area (Å²) in [5.74, 6) is 0.714. The minimum Gasteiger partial charge on any atom is -0.457 e. The van der Waals surface area contributed by atoms with Crippen LogP contribution in [0, 0.1) is 25.3 Å². The third kappa shape index (κ3) is 5.66. The van der Waals surface area contributed by atoms with Gasteiger partial charge in [-0.05, 0) is 33.6 Å². The molecule has 3 aromatic heterocycles. The summed E-state index contributed by atoms with van der Waals surface area (Å²) in [6.45, 7) is 3.65. The standard InChI is InChI=1S/C23H24FN5O9/c1-5-23(10-30)7-6-14(37-23)29-11-25-16-17(26-19(24)28-18(16)29)27-20(32)38-22(3,4)8-15(31)34-9-13-12(2)35-21(33)36-13/h1,11,14,30H,6-10H2,2-4H3,(H,26,27,28,32)/t14-,23+/m1/s1. The number of imidazole rings is 1. The molecular weight excluding hydrogens is 509 g/mol. The first-order valence-corrected chi connectivity index (χ1v) is 11.4. The molecule has 0 unspecified atom stereocenters. The van der Waals surface area contributed by atoms with Crippen LogP contribution in [0.25, 0.3) is 11.2 Å². The van der Waals surface area contributed by atoms with Gasteiger partial charge in [-0.15, -0.1) is 6.42 Å². The highest BCUT2D eigenvalue weighted by Crippen LogP contribution is 2.37. The Morgan fingerprint density at radius 3 is 2.79 bits per heavy atom. The molecule has 0 saturated carbocycles. The molecule has 0 aromatic carbocycles. The summed E-state index contributed by atoms with van der Waals surface area (Å²) in [6.07, 6.45) is 4.35. The lowest BCUT2D eigenvalue weighted by molar-refractivity contribution is -0.149. The van der Waals surface area contributed by atoms with Crippen molar-refractivity contribution in [2.45, 2.75) is 64.1 Å². The van der Waals surface area contributed by atoms with Crippen molar-refractivity contribution in [3.8, 4) is 12.3 Å². The number of ether oxygens (including phenoxy) is 3. The second-order valence-electron chi connectivity index (χ2n) is 9.12. The number of nitrogens with one attached hydrogen (secondary N) is 1. The molecule has 1 aliphatic heterocycles. The number of hydrogen-bond acceptors (Lipinski definition) is 12. The van der Waals surface area contributed by atoms with Gasteiger partial charge in [0.1, 0.15) is 11.8 Å². The number of terminal acetylenes is 1. The van der Waals surface area contributed by atoms with Crippen molar-refractivity contribution < 1.29 is 42.1 Å². The molecule has 2 atom stereocenters. The number of aliphatic hydroxyl groups is 1. The molecular formula is C23H24FN5O9. The molecule has 202 valence electrons. The number of esters is 1. The fourth-order valence-corrected chi connectivity index (χ4v) is 3.85. The summed E-state index contributed by atoms with van der Waals surface area (Å²) in [5.41, 5.74) is -2.45. The van der Waals surface area contributed by atoms with E-state index in [1.54, 1.807) is 0 Å². The van der Waals surface area contributed by atoms with Gasteiger partial charge in [0, 0.05) is 0 Å². The van der Waals surface area contributed by atoms with Gasteiger partial charge in [-0.1, -0.05) is 5.92 Å². The van der Waals surface area contributed by atoms with E-state index in [1.165, 1.54) is 31.7 Å². The van der Waals surface area contributed by atoms with Crippen LogP contribution < -0.4 is 11.1 Å². The van der Waals surface area contributed by atoms with Crippen LogP contribution in [0.4, 0.5) is 15.0 Å². The lowest BCUT2D eigenvalue weighted by atomic mass is 10.0. The number of nitrogens with zero attached hydrogens (tertiary/aromatic N) is 4. The third-order valence-electron chi connectivity index (χ3n) is 5.74. The third-order valence-corrected chi connectivity index (χ3v) is 5.74. The van der Waals surface area contributed by atoms with Gasteiger partial charge in [-0.2, -0.15) is 14.4 Å². The van der Waals surface area contributed by atoms with E-state index in [4.69, 9.17) is 25.1 Å². The molecule has 4 rings (SSSR count). The number of halogens is 1. The molecule has 0 bridgehead atoms. The number of aromatic nitrogens is 4. The SMILES string of the molecule is C#C[C@@]1(CO)CC[C@H](n2cnc3c(NC(=O)OC(C)(C)CC(=O)OCc4oc(=O)oc4C)nc(F)nc32)O1. The summed E-state index contributed by atoms with van der Waals surface area (Å²) in [5, 5.41) is 11.9. The van der Waals surface area contributed by atoms with E-state index >= 15 is 0 Å². The molecule has 1 aliphatic rings. The lowest BCUT2D eigenvalue weighted by Crippen LogP contribution is -2.33. The number of anilines is 1. The Morgan fingerprint density at radius 2 is 2.16 bits per heavy atom. The van der Waals surface area contributed by atoms with Crippen LogP contribution in [0.1, 0.15) is 50.9 Å². The first kappa shape index (κ1) is 26.8. The number of fused-ring (bicyclic) bond motifs is 1. The topological polar surface area (TPSA) is 181 Å². The number of amides is 1. The number of aryl methyl sites for hydroxylation is 1. The van der Waals surface area contributed by atoms with Gasteiger partial charge in [0.25, 0.3) is 0 Å². The summed E-state index contributed by atoms with van der Waals surface area (Å²) in [7, 11) is 0. The van der Waals surface area contributed by atoms with Crippen LogP contribution >= 0.6 is 0 Å². The van der Waals surface area contributed by atoms with Crippen LogP contribution in [0.3, 0.4) is 0 Å². The number of carbonyl (C=O) groups excluding carboxylic acids is 2. The maximum atomic E-state index is 14.3. The normalized spacial score (nSPS) is 19.3. The molecule has 1 saturated heterocycles. The zero-order valence-electron chi connectivity index (χ0n) is 20.6. The summed E-state index contributed by atoms with van der Waals surface area (Å²) >= 11 is 0. The zero-order chi connectivity index (χ0) is 27.7. The Balaban J connectivity index is 1.41. The molecule has 1 amide bonds. The Kier molecular flexibility index (Phi) is 7.20. The fourth-order valence-electron chi connectivity index (χ4n) is 3.85. The Labute approximate surface area is 214 Å². The predicted molar refractivity (Wildman–Crippen MR) is 124 cm³/mol. The monoisotopic (exact) mass is 533 g/mol. The van der Waals surface area contributed by atoms with Crippen LogP contribution in [0.15, 0.2) is 20.0 Å². The van der Waals surface area contributed by atoms with E-state index in [0.29, 0.717) is 12.8 Å².